The van der Waals surface area contributed by atoms with Gasteiger partial charge in [-0.15, -0.1) is 0 Å². The Morgan fingerprint density at radius 2 is 2.00 bits per heavy atom. The molecule has 0 unspecified atom stereocenters. The molecule has 2 heterocycles. The van der Waals surface area contributed by atoms with Crippen molar-refractivity contribution in [2.45, 2.75) is 0 Å². The number of nitrogens with zero attached hydrogens (tertiary/aromatic N) is 2. The summed E-state index contributed by atoms with van der Waals surface area (Å²) in [6, 6.07) is 7.67. The first-order valence-corrected chi connectivity index (χ1v) is 7.36. The minimum Gasteiger partial charge on any atom is -0.465 e. The van der Waals surface area contributed by atoms with Crippen molar-refractivity contribution in [1.82, 2.24) is 10.2 Å². The predicted molar refractivity (Wildman–Crippen MR) is 88.7 cm³/mol. The summed E-state index contributed by atoms with van der Waals surface area (Å²) in [5.74, 6) is -0.905. The maximum atomic E-state index is 12.2. The van der Waals surface area contributed by atoms with E-state index in [-0.39, 0.29) is 11.4 Å². The van der Waals surface area contributed by atoms with E-state index in [0.29, 0.717) is 11.4 Å². The van der Waals surface area contributed by atoms with Crippen LogP contribution in [0.2, 0.25) is 0 Å². The minimum atomic E-state index is -0.730. The second-order valence-electron chi connectivity index (χ2n) is 5.25. The van der Waals surface area contributed by atoms with Crippen molar-refractivity contribution in [3.8, 4) is 0 Å². The lowest BCUT2D eigenvalue weighted by Gasteiger charge is -2.11. The van der Waals surface area contributed by atoms with Crippen LogP contribution in [0.4, 0.5) is 16.2 Å². The number of amides is 4. The Bertz CT molecular complexity index is 901. The minimum absolute atomic E-state index is 0.00640. The number of anilines is 1. The molecule has 2 N–H and O–H groups in total. The van der Waals surface area contributed by atoms with E-state index in [9.17, 15) is 24.5 Å². The molecule has 26 heavy (non-hydrogen) atoms. The van der Waals surface area contributed by atoms with Crippen LogP contribution in [0.15, 0.2) is 52.8 Å². The fourth-order valence-electron chi connectivity index (χ4n) is 2.24. The van der Waals surface area contributed by atoms with Gasteiger partial charge in [-0.3, -0.25) is 19.7 Å². The molecule has 0 aliphatic carbocycles. The van der Waals surface area contributed by atoms with E-state index in [0.717, 1.165) is 4.90 Å². The number of non-ortho nitro benzene ring substituents is 1. The number of hydrogen-bond donors (Lipinski definition) is 2. The number of urea groups is 1. The molecule has 10 nitrogen and oxygen atoms in total. The van der Waals surface area contributed by atoms with Crippen LogP contribution in [-0.2, 0) is 9.59 Å². The molecule has 1 aliphatic rings. The molecular weight excluding hydrogens is 344 g/mol. The van der Waals surface area contributed by atoms with E-state index in [1.165, 1.54) is 36.6 Å². The van der Waals surface area contributed by atoms with Crippen LogP contribution in [0.5, 0.6) is 0 Å². The fourth-order valence-corrected chi connectivity index (χ4v) is 2.24. The van der Waals surface area contributed by atoms with Crippen molar-refractivity contribution in [3.63, 3.8) is 0 Å². The van der Waals surface area contributed by atoms with Gasteiger partial charge in [-0.25, -0.2) is 9.69 Å². The highest BCUT2D eigenvalue weighted by Crippen LogP contribution is 2.17. The highest BCUT2D eigenvalue weighted by Gasteiger charge is 2.35. The Hall–Kier alpha value is -3.95. The van der Waals surface area contributed by atoms with Gasteiger partial charge in [0.15, 0.2) is 0 Å². The van der Waals surface area contributed by atoms with Gasteiger partial charge in [-0.05, 0) is 24.3 Å². The van der Waals surface area contributed by atoms with Gasteiger partial charge in [0.05, 0.1) is 11.2 Å². The lowest BCUT2D eigenvalue weighted by atomic mass is 10.3. The number of nitrogens with one attached hydrogen (secondary N) is 2. The monoisotopic (exact) mass is 356 g/mol. The predicted octanol–water partition coefficient (Wildman–Crippen LogP) is 1.72. The summed E-state index contributed by atoms with van der Waals surface area (Å²) in [4.78, 5) is 47.0. The van der Waals surface area contributed by atoms with E-state index < -0.39 is 29.3 Å². The smallest absolute Gasteiger partial charge is 0.329 e. The number of imide groups is 1. The van der Waals surface area contributed by atoms with E-state index in [4.69, 9.17) is 4.42 Å². The average molecular weight is 356 g/mol. The standard InChI is InChI=1S/C16H12N4O6/c21-14(17-10-3-5-11(6-4-10)20(24)25)9-19-15(22)13(18-16(19)23)8-12-2-1-7-26-12/h1-8H,9H2,(H,17,21)(H,18,23)/b13-8-. The molecule has 132 valence electrons. The third-order valence-corrected chi connectivity index (χ3v) is 3.46. The summed E-state index contributed by atoms with van der Waals surface area (Å²) >= 11 is 0. The van der Waals surface area contributed by atoms with Crippen molar-refractivity contribution in [3.05, 3.63) is 64.2 Å². The second kappa shape index (κ2) is 6.89. The van der Waals surface area contributed by atoms with Gasteiger partial charge < -0.3 is 15.1 Å². The number of rotatable bonds is 5. The third-order valence-electron chi connectivity index (χ3n) is 3.46. The highest BCUT2D eigenvalue weighted by atomic mass is 16.6. The lowest BCUT2D eigenvalue weighted by molar-refractivity contribution is -0.384. The van der Waals surface area contributed by atoms with Crippen molar-refractivity contribution in [1.29, 1.82) is 0 Å². The molecule has 2 aromatic rings. The first kappa shape index (κ1) is 16.9. The van der Waals surface area contributed by atoms with Crippen molar-refractivity contribution < 1.29 is 23.7 Å². The van der Waals surface area contributed by atoms with Crippen molar-refractivity contribution >= 4 is 35.3 Å². The van der Waals surface area contributed by atoms with Gasteiger partial charge in [0.1, 0.15) is 18.0 Å². The Labute approximate surface area is 146 Å². The summed E-state index contributed by atoms with van der Waals surface area (Å²) in [6.45, 7) is -0.503. The van der Waals surface area contributed by atoms with Crippen LogP contribution in [0.25, 0.3) is 6.08 Å². The summed E-state index contributed by atoms with van der Waals surface area (Å²) in [5.41, 5.74) is 0.178. The van der Waals surface area contributed by atoms with E-state index in [1.54, 1.807) is 12.1 Å². The zero-order valence-corrected chi connectivity index (χ0v) is 13.2. The molecule has 0 saturated carbocycles. The zero-order chi connectivity index (χ0) is 18.7. The molecule has 1 fully saturated rings. The number of nitro groups is 1. The largest absolute Gasteiger partial charge is 0.465 e. The van der Waals surface area contributed by atoms with Crippen LogP contribution < -0.4 is 10.6 Å². The molecule has 1 aromatic carbocycles. The zero-order valence-electron chi connectivity index (χ0n) is 13.2. The van der Waals surface area contributed by atoms with Crippen LogP contribution in [-0.4, -0.2) is 34.2 Å². The number of hydrogen-bond acceptors (Lipinski definition) is 6. The summed E-state index contributed by atoms with van der Waals surface area (Å²) in [6.07, 6.45) is 2.78. The van der Waals surface area contributed by atoms with E-state index in [2.05, 4.69) is 10.6 Å². The molecule has 0 spiro atoms. The van der Waals surface area contributed by atoms with Gasteiger partial charge >= 0.3 is 6.03 Å². The maximum Gasteiger partial charge on any atom is 0.329 e. The van der Waals surface area contributed by atoms with Gasteiger partial charge in [-0.1, -0.05) is 0 Å². The number of carbonyl (C=O) groups excluding carboxylic acids is 3. The average Bonchev–Trinajstić information content (AvgIpc) is 3.20. The van der Waals surface area contributed by atoms with Crippen LogP contribution in [0, 0.1) is 10.1 Å². The molecule has 0 atom stereocenters. The van der Waals surface area contributed by atoms with Gasteiger partial charge in [0.2, 0.25) is 5.91 Å². The Morgan fingerprint density at radius 3 is 2.62 bits per heavy atom. The second-order valence-corrected chi connectivity index (χ2v) is 5.25. The maximum absolute atomic E-state index is 12.2. The summed E-state index contributed by atoms with van der Waals surface area (Å²) in [7, 11) is 0. The van der Waals surface area contributed by atoms with Crippen molar-refractivity contribution in [2.75, 3.05) is 11.9 Å². The number of nitro benzene ring substituents is 1. The fraction of sp³-hybridized carbons (Fsp3) is 0.0625. The third kappa shape index (κ3) is 3.59. The molecule has 4 amide bonds. The molecule has 3 rings (SSSR count). The Kier molecular flexibility index (Phi) is 4.48. The van der Waals surface area contributed by atoms with Gasteiger partial charge in [-0.2, -0.15) is 0 Å². The SMILES string of the molecule is O=C(CN1C(=O)N/C(=C\c2ccco2)C1=O)Nc1ccc([N+](=O)[O-])cc1. The first-order chi connectivity index (χ1) is 12.4. The first-order valence-electron chi connectivity index (χ1n) is 7.36. The summed E-state index contributed by atoms with van der Waals surface area (Å²) < 4.78 is 5.08. The molecule has 10 heteroatoms. The molecule has 1 aromatic heterocycles. The Morgan fingerprint density at radius 1 is 1.27 bits per heavy atom. The van der Waals surface area contributed by atoms with Crippen LogP contribution >= 0.6 is 0 Å². The van der Waals surface area contributed by atoms with Gasteiger partial charge in [0, 0.05) is 23.9 Å². The number of benzene rings is 1. The van der Waals surface area contributed by atoms with E-state index in [1.807, 2.05) is 0 Å². The lowest BCUT2D eigenvalue weighted by Crippen LogP contribution is -2.38. The molecule has 0 bridgehead atoms. The quantitative estimate of drug-likeness (QED) is 0.362. The highest BCUT2D eigenvalue weighted by molar-refractivity contribution is 6.15. The topological polar surface area (TPSA) is 135 Å². The summed E-state index contributed by atoms with van der Waals surface area (Å²) in [5, 5.41) is 15.4. The van der Waals surface area contributed by atoms with Crippen LogP contribution in [0.1, 0.15) is 5.76 Å². The van der Waals surface area contributed by atoms with Gasteiger partial charge in [0.25, 0.3) is 11.6 Å². The van der Waals surface area contributed by atoms with E-state index >= 15 is 0 Å². The molecule has 1 aliphatic heterocycles. The number of furan rings is 1. The van der Waals surface area contributed by atoms with Crippen molar-refractivity contribution in [2.24, 2.45) is 0 Å². The normalized spacial score (nSPS) is 15.2. The van der Waals surface area contributed by atoms with Crippen LogP contribution in [0.3, 0.4) is 0 Å². The number of carbonyl (C=O) groups is 3. The molecular formula is C16H12N4O6. The Balaban J connectivity index is 1.64. The molecule has 0 radical (unpaired) electrons. The molecule has 1 saturated heterocycles.